The Balaban J connectivity index is 2.34. The van der Waals surface area contributed by atoms with E-state index in [1.54, 1.807) is 0 Å². The highest BCUT2D eigenvalue weighted by atomic mass is 79.9. The van der Waals surface area contributed by atoms with Gasteiger partial charge < -0.3 is 10.1 Å². The molecule has 6 nitrogen and oxygen atoms in total. The van der Waals surface area contributed by atoms with E-state index in [1.807, 2.05) is 13.8 Å². The molecule has 1 amide bonds. The number of methoxy groups -OCH3 is 1. The summed E-state index contributed by atoms with van der Waals surface area (Å²) in [6, 6.07) is 8.72. The van der Waals surface area contributed by atoms with Gasteiger partial charge in [-0.05, 0) is 66.2 Å². The van der Waals surface area contributed by atoms with Crippen molar-refractivity contribution in [2.24, 2.45) is 0 Å². The largest absolute Gasteiger partial charge is 0.496 e. The molecule has 0 saturated heterocycles. The van der Waals surface area contributed by atoms with E-state index in [9.17, 15) is 13.2 Å². The van der Waals surface area contributed by atoms with Gasteiger partial charge in [-0.1, -0.05) is 11.6 Å². The normalized spacial score (nSPS) is 11.3. The van der Waals surface area contributed by atoms with Gasteiger partial charge in [0.25, 0.3) is 15.9 Å². The molecule has 0 atom stereocenters. The number of halogens is 2. The van der Waals surface area contributed by atoms with Crippen LogP contribution in [-0.4, -0.2) is 27.5 Å². The van der Waals surface area contributed by atoms with Gasteiger partial charge in [0, 0.05) is 11.6 Å². The maximum absolute atomic E-state index is 12.6. The maximum Gasteiger partial charge on any atom is 0.261 e. The maximum atomic E-state index is 12.6. The topological polar surface area (TPSA) is 84.5 Å². The molecule has 2 N–H and O–H groups in total. The Morgan fingerprint density at radius 2 is 1.88 bits per heavy atom. The van der Waals surface area contributed by atoms with E-state index in [0.29, 0.717) is 15.8 Å². The smallest absolute Gasteiger partial charge is 0.261 e. The Bertz CT molecular complexity index is 932. The number of carbonyl (C=O) groups is 1. The molecule has 0 spiro atoms. The summed E-state index contributed by atoms with van der Waals surface area (Å²) in [5, 5.41) is 2.92. The highest BCUT2D eigenvalue weighted by Gasteiger charge is 2.19. The lowest BCUT2D eigenvalue weighted by atomic mass is 10.2. The Morgan fingerprint density at radius 3 is 2.46 bits per heavy atom. The first-order valence-corrected chi connectivity index (χ1v) is 10.3. The molecule has 0 heterocycles. The van der Waals surface area contributed by atoms with Gasteiger partial charge in [0.2, 0.25) is 0 Å². The third-order valence-electron chi connectivity index (χ3n) is 3.33. The quantitative estimate of drug-likeness (QED) is 0.680. The highest BCUT2D eigenvalue weighted by molar-refractivity contribution is 9.10. The third kappa shape index (κ3) is 4.90. The van der Waals surface area contributed by atoms with Crippen LogP contribution in [0, 0.1) is 0 Å². The minimum absolute atomic E-state index is 0.0262. The first-order chi connectivity index (χ1) is 12.1. The van der Waals surface area contributed by atoms with E-state index in [0.717, 1.165) is 0 Å². The van der Waals surface area contributed by atoms with Gasteiger partial charge in [-0.3, -0.25) is 9.52 Å². The molecular formula is C17H18BrClN2O4S. The van der Waals surface area contributed by atoms with Crippen molar-refractivity contribution in [3.8, 4) is 5.75 Å². The van der Waals surface area contributed by atoms with Crippen LogP contribution in [0.4, 0.5) is 5.69 Å². The Morgan fingerprint density at radius 1 is 1.19 bits per heavy atom. The molecule has 2 rings (SSSR count). The molecule has 0 aliphatic heterocycles. The number of anilines is 1. The molecule has 0 unspecified atom stereocenters. The second-order valence-electron chi connectivity index (χ2n) is 5.72. The number of nitrogens with one attached hydrogen (secondary N) is 2. The van der Waals surface area contributed by atoms with Gasteiger partial charge in [0.1, 0.15) is 5.75 Å². The molecule has 0 aromatic heterocycles. The second kappa shape index (κ2) is 8.28. The number of carbonyl (C=O) groups excluding carboxylic acids is 1. The average Bonchev–Trinajstić information content (AvgIpc) is 2.55. The van der Waals surface area contributed by atoms with Gasteiger partial charge in [-0.25, -0.2) is 8.42 Å². The van der Waals surface area contributed by atoms with Crippen LogP contribution in [-0.2, 0) is 10.0 Å². The summed E-state index contributed by atoms with van der Waals surface area (Å²) < 4.78 is 33.3. The fraction of sp³-hybridized carbons (Fsp3) is 0.235. The third-order valence-corrected chi connectivity index (χ3v) is 5.64. The molecular weight excluding hydrogens is 444 g/mol. The Labute approximate surface area is 166 Å². The van der Waals surface area contributed by atoms with E-state index in [4.69, 9.17) is 16.3 Å². The number of hydrogen-bond acceptors (Lipinski definition) is 4. The lowest BCUT2D eigenvalue weighted by Gasteiger charge is -2.13. The summed E-state index contributed by atoms with van der Waals surface area (Å²) in [5.41, 5.74) is 0.423. The fourth-order valence-electron chi connectivity index (χ4n) is 2.11. The Kier molecular flexibility index (Phi) is 6.54. The van der Waals surface area contributed by atoms with Crippen molar-refractivity contribution in [3.05, 3.63) is 51.5 Å². The Hall–Kier alpha value is -1.77. The van der Waals surface area contributed by atoms with Gasteiger partial charge >= 0.3 is 0 Å². The van der Waals surface area contributed by atoms with Crippen LogP contribution in [0.2, 0.25) is 5.02 Å². The number of rotatable bonds is 6. The predicted octanol–water partition coefficient (Wildman–Crippen LogP) is 4.05. The molecule has 0 bridgehead atoms. The zero-order valence-electron chi connectivity index (χ0n) is 14.3. The number of hydrogen-bond donors (Lipinski definition) is 2. The van der Waals surface area contributed by atoms with Gasteiger partial charge in [0.15, 0.2) is 0 Å². The van der Waals surface area contributed by atoms with Crippen LogP contribution in [0.15, 0.2) is 45.8 Å². The SMILES string of the molecule is COc1ccc(S(=O)(=O)Nc2cc(C(=O)NC(C)C)ccc2Cl)cc1Br. The highest BCUT2D eigenvalue weighted by Crippen LogP contribution is 2.30. The molecule has 2 aromatic rings. The average molecular weight is 462 g/mol. The molecule has 26 heavy (non-hydrogen) atoms. The first-order valence-electron chi connectivity index (χ1n) is 7.61. The zero-order valence-corrected chi connectivity index (χ0v) is 17.5. The minimum Gasteiger partial charge on any atom is -0.496 e. The molecule has 0 saturated carbocycles. The zero-order chi connectivity index (χ0) is 19.5. The fourth-order valence-corrected chi connectivity index (χ4v) is 4.12. The first kappa shape index (κ1) is 20.5. The van der Waals surface area contributed by atoms with Crippen molar-refractivity contribution in [1.29, 1.82) is 0 Å². The number of benzene rings is 2. The van der Waals surface area contributed by atoms with Crippen molar-refractivity contribution in [2.45, 2.75) is 24.8 Å². The number of amides is 1. The molecule has 0 aliphatic rings. The summed E-state index contributed by atoms with van der Waals surface area (Å²) >= 11 is 9.35. The van der Waals surface area contributed by atoms with Crippen LogP contribution >= 0.6 is 27.5 Å². The molecule has 0 aliphatic carbocycles. The minimum atomic E-state index is -3.90. The monoisotopic (exact) mass is 460 g/mol. The van der Waals surface area contributed by atoms with Crippen LogP contribution < -0.4 is 14.8 Å². The van der Waals surface area contributed by atoms with Crippen LogP contribution in [0.3, 0.4) is 0 Å². The summed E-state index contributed by atoms with van der Waals surface area (Å²) in [6.45, 7) is 3.66. The molecule has 2 aromatic carbocycles. The van der Waals surface area contributed by atoms with E-state index >= 15 is 0 Å². The van der Waals surface area contributed by atoms with Gasteiger partial charge in [-0.2, -0.15) is 0 Å². The van der Waals surface area contributed by atoms with Crippen LogP contribution in [0.1, 0.15) is 24.2 Å². The van der Waals surface area contributed by atoms with E-state index in [-0.39, 0.29) is 27.6 Å². The molecule has 140 valence electrons. The van der Waals surface area contributed by atoms with Crippen LogP contribution in [0.25, 0.3) is 0 Å². The molecule has 0 fully saturated rings. The van der Waals surface area contributed by atoms with Crippen molar-refractivity contribution < 1.29 is 17.9 Å². The predicted molar refractivity (Wildman–Crippen MR) is 106 cm³/mol. The second-order valence-corrected chi connectivity index (χ2v) is 8.67. The summed E-state index contributed by atoms with van der Waals surface area (Å²) in [7, 11) is -2.41. The van der Waals surface area contributed by atoms with E-state index in [2.05, 4.69) is 26.0 Å². The summed E-state index contributed by atoms with van der Waals surface area (Å²) in [5.74, 6) is 0.193. The van der Waals surface area contributed by atoms with Crippen LogP contribution in [0.5, 0.6) is 5.75 Å². The summed E-state index contributed by atoms with van der Waals surface area (Å²) in [4.78, 5) is 12.1. The standard InChI is InChI=1S/C17H18BrClN2O4S/c1-10(2)20-17(22)11-4-6-14(19)15(8-11)21-26(23,24)12-5-7-16(25-3)13(18)9-12/h4-10,21H,1-3H3,(H,20,22). The van der Waals surface area contributed by atoms with Gasteiger partial charge in [0.05, 0.1) is 27.2 Å². The van der Waals surface area contributed by atoms with E-state index in [1.165, 1.54) is 43.5 Å². The molecule has 0 radical (unpaired) electrons. The lowest BCUT2D eigenvalue weighted by Crippen LogP contribution is -2.30. The van der Waals surface area contributed by atoms with E-state index < -0.39 is 10.0 Å². The van der Waals surface area contributed by atoms with Gasteiger partial charge in [-0.15, -0.1) is 0 Å². The van der Waals surface area contributed by atoms with Crippen molar-refractivity contribution >= 4 is 49.1 Å². The number of sulfonamides is 1. The van der Waals surface area contributed by atoms with Crippen molar-refractivity contribution in [3.63, 3.8) is 0 Å². The molecule has 9 heteroatoms. The summed E-state index contributed by atoms with van der Waals surface area (Å²) in [6.07, 6.45) is 0. The van der Waals surface area contributed by atoms with Crippen molar-refractivity contribution in [2.75, 3.05) is 11.8 Å². The number of ether oxygens (including phenoxy) is 1. The lowest BCUT2D eigenvalue weighted by molar-refractivity contribution is 0.0943. The van der Waals surface area contributed by atoms with Crippen molar-refractivity contribution in [1.82, 2.24) is 5.32 Å².